The molecule has 1 aliphatic rings. The minimum Gasteiger partial charge on any atom is -0.368 e. The first-order valence-electron chi connectivity index (χ1n) is 4.15. The minimum absolute atomic E-state index is 0.207. The number of hydrogen-bond acceptors (Lipinski definition) is 3. The SMILES string of the molecule is CNC(CSC)(C(N)=O)C1CC1. The van der Waals surface area contributed by atoms with Gasteiger partial charge in [-0.3, -0.25) is 4.79 Å². The van der Waals surface area contributed by atoms with Crippen LogP contribution in [0.3, 0.4) is 0 Å². The topological polar surface area (TPSA) is 55.1 Å². The van der Waals surface area contributed by atoms with E-state index in [1.165, 1.54) is 0 Å². The van der Waals surface area contributed by atoms with E-state index in [4.69, 9.17) is 5.73 Å². The third-order valence-electron chi connectivity index (χ3n) is 2.53. The van der Waals surface area contributed by atoms with Crippen molar-refractivity contribution in [2.45, 2.75) is 18.4 Å². The number of likely N-dealkylation sites (N-methyl/N-ethyl adjacent to an activating group) is 1. The maximum atomic E-state index is 11.3. The minimum atomic E-state index is -0.445. The molecule has 0 aromatic heterocycles. The second-order valence-electron chi connectivity index (χ2n) is 3.29. The highest BCUT2D eigenvalue weighted by Crippen LogP contribution is 2.40. The van der Waals surface area contributed by atoms with E-state index in [9.17, 15) is 4.79 Å². The van der Waals surface area contributed by atoms with Gasteiger partial charge in [-0.1, -0.05) is 0 Å². The zero-order valence-corrected chi connectivity index (χ0v) is 8.41. The van der Waals surface area contributed by atoms with E-state index in [2.05, 4.69) is 5.32 Å². The van der Waals surface area contributed by atoms with E-state index in [-0.39, 0.29) is 5.91 Å². The van der Waals surface area contributed by atoms with Crippen molar-refractivity contribution < 1.29 is 4.79 Å². The van der Waals surface area contributed by atoms with Gasteiger partial charge in [-0.25, -0.2) is 0 Å². The van der Waals surface area contributed by atoms with Crippen LogP contribution >= 0.6 is 11.8 Å². The average molecular weight is 188 g/mol. The fourth-order valence-corrected chi connectivity index (χ4v) is 2.57. The van der Waals surface area contributed by atoms with Crippen LogP contribution in [0.4, 0.5) is 0 Å². The van der Waals surface area contributed by atoms with Gasteiger partial charge in [-0.05, 0) is 32.1 Å². The zero-order chi connectivity index (χ0) is 9.19. The van der Waals surface area contributed by atoms with E-state index in [1.807, 2.05) is 13.3 Å². The summed E-state index contributed by atoms with van der Waals surface area (Å²) in [7, 11) is 1.82. The summed E-state index contributed by atoms with van der Waals surface area (Å²) >= 11 is 1.67. The van der Waals surface area contributed by atoms with Gasteiger partial charge in [0.2, 0.25) is 5.91 Å². The molecule has 0 aromatic rings. The molecule has 1 fully saturated rings. The molecule has 0 aromatic carbocycles. The first-order chi connectivity index (χ1) is 5.67. The molecular formula is C8H16N2OS. The number of hydrogen-bond donors (Lipinski definition) is 2. The molecule has 12 heavy (non-hydrogen) atoms. The molecule has 0 aliphatic heterocycles. The molecule has 0 spiro atoms. The smallest absolute Gasteiger partial charge is 0.238 e. The van der Waals surface area contributed by atoms with Gasteiger partial charge in [0.25, 0.3) is 0 Å². The molecule has 1 amide bonds. The fraction of sp³-hybridized carbons (Fsp3) is 0.875. The highest BCUT2D eigenvalue weighted by Gasteiger charge is 2.48. The van der Waals surface area contributed by atoms with Crippen LogP contribution in [0.1, 0.15) is 12.8 Å². The van der Waals surface area contributed by atoms with Crippen molar-refractivity contribution in [2.24, 2.45) is 11.7 Å². The van der Waals surface area contributed by atoms with Crippen molar-refractivity contribution >= 4 is 17.7 Å². The first kappa shape index (κ1) is 9.86. The summed E-state index contributed by atoms with van der Waals surface area (Å²) in [5, 5.41) is 3.08. The van der Waals surface area contributed by atoms with E-state index in [1.54, 1.807) is 11.8 Å². The summed E-state index contributed by atoms with van der Waals surface area (Å²) in [5.41, 5.74) is 4.95. The Kier molecular flexibility index (Phi) is 3.01. The molecule has 0 saturated heterocycles. The van der Waals surface area contributed by atoms with Gasteiger partial charge in [-0.15, -0.1) is 0 Å². The van der Waals surface area contributed by atoms with Crippen LogP contribution < -0.4 is 11.1 Å². The molecule has 0 radical (unpaired) electrons. The lowest BCUT2D eigenvalue weighted by molar-refractivity contribution is -0.124. The Labute approximate surface area is 77.5 Å². The van der Waals surface area contributed by atoms with Crippen molar-refractivity contribution in [3.05, 3.63) is 0 Å². The number of carbonyl (C=O) groups excluding carboxylic acids is 1. The largest absolute Gasteiger partial charge is 0.368 e. The predicted octanol–water partition coefficient (Wildman–Crippen LogP) is 0.203. The summed E-state index contributed by atoms with van der Waals surface area (Å²) in [5.74, 6) is 1.04. The van der Waals surface area contributed by atoms with Gasteiger partial charge in [-0.2, -0.15) is 11.8 Å². The third kappa shape index (κ3) is 1.59. The molecule has 0 bridgehead atoms. The number of nitrogens with one attached hydrogen (secondary N) is 1. The Bertz CT molecular complexity index is 182. The normalized spacial score (nSPS) is 21.8. The number of nitrogens with two attached hydrogens (primary N) is 1. The van der Waals surface area contributed by atoms with Crippen LogP contribution in [-0.4, -0.2) is 30.5 Å². The lowest BCUT2D eigenvalue weighted by atomic mass is 9.95. The molecule has 1 rings (SSSR count). The van der Waals surface area contributed by atoms with E-state index < -0.39 is 5.54 Å². The maximum Gasteiger partial charge on any atom is 0.238 e. The standard InChI is InChI=1S/C8H16N2OS/c1-10-8(5-12-2,7(9)11)6-3-4-6/h6,10H,3-5H2,1-2H3,(H2,9,11). The van der Waals surface area contributed by atoms with Crippen LogP contribution in [0.2, 0.25) is 0 Å². The van der Waals surface area contributed by atoms with E-state index >= 15 is 0 Å². The summed E-state index contributed by atoms with van der Waals surface area (Å²) in [6, 6.07) is 0. The molecule has 1 atom stereocenters. The summed E-state index contributed by atoms with van der Waals surface area (Å²) in [6.07, 6.45) is 4.26. The van der Waals surface area contributed by atoms with Crippen LogP contribution in [0, 0.1) is 5.92 Å². The monoisotopic (exact) mass is 188 g/mol. The van der Waals surface area contributed by atoms with Gasteiger partial charge < -0.3 is 11.1 Å². The number of thioether (sulfide) groups is 1. The molecule has 1 aliphatic carbocycles. The van der Waals surface area contributed by atoms with Crippen LogP contribution in [-0.2, 0) is 4.79 Å². The van der Waals surface area contributed by atoms with Gasteiger partial charge >= 0.3 is 0 Å². The summed E-state index contributed by atoms with van der Waals surface area (Å²) in [4.78, 5) is 11.3. The second-order valence-corrected chi connectivity index (χ2v) is 4.16. The quantitative estimate of drug-likeness (QED) is 0.648. The fourth-order valence-electron chi connectivity index (χ4n) is 1.59. The van der Waals surface area contributed by atoms with Crippen molar-refractivity contribution in [2.75, 3.05) is 19.1 Å². The molecular weight excluding hydrogens is 172 g/mol. The highest BCUT2D eigenvalue weighted by atomic mass is 32.2. The molecule has 0 heterocycles. The second kappa shape index (κ2) is 3.66. The van der Waals surface area contributed by atoms with Crippen molar-refractivity contribution in [3.8, 4) is 0 Å². The maximum absolute atomic E-state index is 11.3. The average Bonchev–Trinajstić information content (AvgIpc) is 2.82. The number of carbonyl (C=O) groups is 1. The van der Waals surface area contributed by atoms with Crippen molar-refractivity contribution in [1.82, 2.24) is 5.32 Å². The van der Waals surface area contributed by atoms with Gasteiger partial charge in [0, 0.05) is 5.75 Å². The van der Waals surface area contributed by atoms with Crippen molar-refractivity contribution in [1.29, 1.82) is 0 Å². The zero-order valence-electron chi connectivity index (χ0n) is 7.59. The van der Waals surface area contributed by atoms with Gasteiger partial charge in [0.05, 0.1) is 0 Å². The molecule has 3 nitrogen and oxygen atoms in total. The number of primary amides is 1. The van der Waals surface area contributed by atoms with Gasteiger partial charge in [0.15, 0.2) is 0 Å². The Hall–Kier alpha value is -0.220. The Morgan fingerprint density at radius 3 is 2.58 bits per heavy atom. The summed E-state index contributed by atoms with van der Waals surface area (Å²) < 4.78 is 0. The Morgan fingerprint density at radius 1 is 1.75 bits per heavy atom. The van der Waals surface area contributed by atoms with E-state index in [0.717, 1.165) is 18.6 Å². The lowest BCUT2D eigenvalue weighted by Gasteiger charge is -2.29. The molecule has 1 unspecified atom stereocenters. The lowest BCUT2D eigenvalue weighted by Crippen LogP contribution is -2.57. The third-order valence-corrected chi connectivity index (χ3v) is 3.28. The van der Waals surface area contributed by atoms with Gasteiger partial charge in [0.1, 0.15) is 5.54 Å². The number of amides is 1. The molecule has 3 N–H and O–H groups in total. The Morgan fingerprint density at radius 2 is 2.33 bits per heavy atom. The predicted molar refractivity (Wildman–Crippen MR) is 52.1 cm³/mol. The van der Waals surface area contributed by atoms with E-state index in [0.29, 0.717) is 5.92 Å². The Balaban J connectivity index is 2.71. The van der Waals surface area contributed by atoms with Crippen LogP contribution in [0.25, 0.3) is 0 Å². The highest BCUT2D eigenvalue weighted by molar-refractivity contribution is 7.98. The van der Waals surface area contributed by atoms with Crippen LogP contribution in [0.15, 0.2) is 0 Å². The van der Waals surface area contributed by atoms with Crippen LogP contribution in [0.5, 0.6) is 0 Å². The molecule has 1 saturated carbocycles. The molecule has 4 heteroatoms. The summed E-state index contributed by atoms with van der Waals surface area (Å²) in [6.45, 7) is 0. The first-order valence-corrected chi connectivity index (χ1v) is 5.54. The number of rotatable bonds is 5. The van der Waals surface area contributed by atoms with Crippen molar-refractivity contribution in [3.63, 3.8) is 0 Å². The molecule has 70 valence electrons.